The number of nitrogens with zero attached hydrogens (tertiary/aromatic N) is 1. The second-order valence-corrected chi connectivity index (χ2v) is 0. The summed E-state index contributed by atoms with van der Waals surface area (Å²) in [5.41, 5.74) is 0. The Morgan fingerprint density at radius 3 is 1.50 bits per heavy atom. The summed E-state index contributed by atoms with van der Waals surface area (Å²) in [4.78, 5) is 0. The van der Waals surface area contributed by atoms with Crippen LogP contribution in [-0.4, -0.2) is 0 Å². The molecule has 3 heteroatoms. The van der Waals surface area contributed by atoms with Crippen LogP contribution < -0.4 is 51.4 Å². The minimum Gasteiger partial charge on any atom is -1.00 e. The fraction of sp³-hybridized carbons (Fsp3) is 0. The van der Waals surface area contributed by atoms with Gasteiger partial charge in [-0.3, -0.25) is 0 Å². The molecule has 0 aliphatic carbocycles. The minimum atomic E-state index is 0. The van der Waals surface area contributed by atoms with Gasteiger partial charge in [-0.15, -0.1) is 0 Å². The van der Waals surface area contributed by atoms with E-state index in [0.29, 0.717) is 0 Å². The molecule has 0 spiro atoms. The third-order valence-electron chi connectivity index (χ3n) is 0. The Morgan fingerprint density at radius 1 is 1.50 bits per heavy atom. The van der Waals surface area contributed by atoms with Crippen molar-refractivity contribution < 1.29 is 72.9 Å². The Morgan fingerprint density at radius 2 is 1.50 bits per heavy atom. The van der Waals surface area contributed by atoms with E-state index in [-0.39, 0.29) is 72.9 Å². The fourth-order valence-corrected chi connectivity index (χ4v) is 0. The molecule has 0 aliphatic rings. The Bertz CT molecular complexity index is 16.4. The average molecular weight is 259 g/mol. The topological polar surface area (TPSA) is 23.8 Å². The number of hydrogen-bond donors (Lipinski definition) is 0. The van der Waals surface area contributed by atoms with E-state index in [1.165, 1.54) is 0 Å². The average Bonchev–Trinajstić information content (AvgIpc) is 1.00. The number of hydrogen-bond acceptors (Lipinski definition) is 1. The van der Waals surface area contributed by atoms with E-state index in [1.54, 1.807) is 0 Å². The van der Waals surface area contributed by atoms with Crippen LogP contribution in [0.3, 0.4) is 0 Å². The van der Waals surface area contributed by atoms with E-state index in [9.17, 15) is 0 Å². The zero-order valence-corrected chi connectivity index (χ0v) is 7.88. The van der Waals surface area contributed by atoms with E-state index in [4.69, 9.17) is 5.26 Å². The van der Waals surface area contributed by atoms with Crippen molar-refractivity contribution >= 4 is 0 Å². The van der Waals surface area contributed by atoms with Crippen LogP contribution in [0.4, 0.5) is 0 Å². The standard InChI is InChI=1S/CHN.Ir.K.H/c1-2;;;/h1H;;;/q;;+1;-1. The Hall–Kier alpha value is 1.78. The van der Waals surface area contributed by atoms with Crippen molar-refractivity contribution in [2.45, 2.75) is 0 Å². The number of nitriles is 1. The Labute approximate surface area is 83.0 Å². The van der Waals surface area contributed by atoms with Crippen LogP contribution in [0.15, 0.2) is 0 Å². The molecular formula is CH2IrKN. The van der Waals surface area contributed by atoms with Gasteiger partial charge in [0.2, 0.25) is 0 Å². The first-order valence-electron chi connectivity index (χ1n) is 0.258. The van der Waals surface area contributed by atoms with Crippen molar-refractivity contribution in [3.05, 3.63) is 0 Å². The zero-order valence-electron chi connectivity index (χ0n) is 3.36. The Kier molecular flexibility index (Phi) is 92.3. The van der Waals surface area contributed by atoms with Gasteiger partial charge < -0.3 is 1.43 Å². The SMILES string of the molecule is C#N.[H-].[Ir].[K+]. The largest absolute Gasteiger partial charge is 1.00 e. The molecule has 0 aromatic carbocycles. The van der Waals surface area contributed by atoms with Gasteiger partial charge in [0, 0.05) is 26.7 Å². The second-order valence-electron chi connectivity index (χ2n) is 0. The molecule has 0 aromatic heterocycles. The summed E-state index contributed by atoms with van der Waals surface area (Å²) < 4.78 is 0. The number of rotatable bonds is 0. The Balaban J connectivity index is -0.00000000167. The fourth-order valence-electron chi connectivity index (χ4n) is 0. The molecule has 1 radical (unpaired) electrons. The van der Waals surface area contributed by atoms with Crippen molar-refractivity contribution in [3.63, 3.8) is 0 Å². The van der Waals surface area contributed by atoms with Gasteiger partial charge in [-0.25, -0.2) is 5.26 Å². The third kappa shape index (κ3) is 9.23. The van der Waals surface area contributed by atoms with Crippen LogP contribution in [-0.2, 0) is 20.1 Å². The summed E-state index contributed by atoms with van der Waals surface area (Å²) >= 11 is 0. The molecule has 0 aliphatic heterocycles. The molecule has 1 nitrogen and oxygen atoms in total. The summed E-state index contributed by atoms with van der Waals surface area (Å²) in [5.74, 6) is 0. The van der Waals surface area contributed by atoms with E-state index < -0.39 is 0 Å². The molecule has 0 rings (SSSR count). The van der Waals surface area contributed by atoms with E-state index >= 15 is 0 Å². The second kappa shape index (κ2) is 21.6. The normalized spacial score (nSPS) is 0.500. The maximum atomic E-state index is 6.50. The summed E-state index contributed by atoms with van der Waals surface area (Å²) in [7, 11) is 0. The maximum absolute atomic E-state index is 6.50. The van der Waals surface area contributed by atoms with Crippen molar-refractivity contribution in [1.29, 1.82) is 5.26 Å². The van der Waals surface area contributed by atoms with E-state index in [2.05, 4.69) is 6.57 Å². The maximum Gasteiger partial charge on any atom is 1.00 e. The van der Waals surface area contributed by atoms with Gasteiger partial charge in [0.25, 0.3) is 0 Å². The molecular weight excluding hydrogens is 257 g/mol. The van der Waals surface area contributed by atoms with Crippen molar-refractivity contribution in [1.82, 2.24) is 0 Å². The van der Waals surface area contributed by atoms with Crippen LogP contribution in [0.5, 0.6) is 0 Å². The van der Waals surface area contributed by atoms with Crippen molar-refractivity contribution in [2.75, 3.05) is 0 Å². The van der Waals surface area contributed by atoms with Crippen molar-refractivity contribution in [3.8, 4) is 6.57 Å². The predicted molar refractivity (Wildman–Crippen MR) is 7.78 cm³/mol. The minimum absolute atomic E-state index is 0. The molecule has 0 heterocycles. The van der Waals surface area contributed by atoms with Gasteiger partial charge in [0.05, 0.1) is 0 Å². The first-order valence-corrected chi connectivity index (χ1v) is 0.258. The van der Waals surface area contributed by atoms with Crippen molar-refractivity contribution in [2.24, 2.45) is 0 Å². The van der Waals surface area contributed by atoms with Crippen LogP contribution in [0.25, 0.3) is 0 Å². The predicted octanol–water partition coefficient (Wildman–Crippen LogP) is -2.75. The van der Waals surface area contributed by atoms with E-state index in [0.717, 1.165) is 0 Å². The first-order chi connectivity index (χ1) is 1.00. The zero-order chi connectivity index (χ0) is 2.00. The molecule has 0 bridgehead atoms. The molecule has 4 heavy (non-hydrogen) atoms. The van der Waals surface area contributed by atoms with Gasteiger partial charge in [0.15, 0.2) is 0 Å². The van der Waals surface area contributed by atoms with Crippen LogP contribution in [0, 0.1) is 11.8 Å². The molecule has 21 valence electrons. The summed E-state index contributed by atoms with van der Waals surface area (Å²) in [6.07, 6.45) is 0. The van der Waals surface area contributed by atoms with E-state index in [1.807, 2.05) is 0 Å². The molecule has 0 saturated heterocycles. The molecule has 0 aromatic rings. The summed E-state index contributed by atoms with van der Waals surface area (Å²) in [5, 5.41) is 6.50. The smallest absolute Gasteiger partial charge is 1.00 e. The monoisotopic (exact) mass is 260 g/mol. The van der Waals surface area contributed by atoms with Crippen LogP contribution in [0.2, 0.25) is 0 Å². The molecule has 0 N–H and O–H groups in total. The third-order valence-corrected chi connectivity index (χ3v) is 0. The van der Waals surface area contributed by atoms with Crippen LogP contribution >= 0.6 is 0 Å². The van der Waals surface area contributed by atoms with Gasteiger partial charge in [-0.2, -0.15) is 0 Å². The molecule has 0 unspecified atom stereocenters. The quantitative estimate of drug-likeness (QED) is 0.433. The summed E-state index contributed by atoms with van der Waals surface area (Å²) in [6.45, 7) is 3.50. The van der Waals surface area contributed by atoms with Crippen LogP contribution in [0.1, 0.15) is 1.43 Å². The molecule has 0 atom stereocenters. The molecule has 0 saturated carbocycles. The molecule has 0 fully saturated rings. The van der Waals surface area contributed by atoms with Gasteiger partial charge in [0.1, 0.15) is 0 Å². The summed E-state index contributed by atoms with van der Waals surface area (Å²) in [6, 6.07) is 0. The van der Waals surface area contributed by atoms with Gasteiger partial charge in [-0.1, -0.05) is 0 Å². The molecule has 0 amide bonds. The first kappa shape index (κ1) is 17.1. The van der Waals surface area contributed by atoms with Gasteiger partial charge >= 0.3 is 51.4 Å². The van der Waals surface area contributed by atoms with Gasteiger partial charge in [-0.05, 0) is 0 Å².